The van der Waals surface area contributed by atoms with E-state index in [0.717, 1.165) is 17.7 Å². The van der Waals surface area contributed by atoms with Gasteiger partial charge in [0.15, 0.2) is 5.82 Å². The van der Waals surface area contributed by atoms with Crippen molar-refractivity contribution in [2.45, 2.75) is 26.2 Å². The van der Waals surface area contributed by atoms with Gasteiger partial charge >= 0.3 is 12.1 Å². The number of hydrogen-bond acceptors (Lipinski definition) is 5. The van der Waals surface area contributed by atoms with Gasteiger partial charge in [-0.3, -0.25) is 9.36 Å². The lowest BCUT2D eigenvalue weighted by Gasteiger charge is -2.14. The SMILES string of the molecule is Cc1nc(NCc2ccc(F)cc2F)c(Cl)c(=O)n1Cc1ccc(C#N)cc1.O=C(O)C(F)(F)F. The molecule has 13 heteroatoms. The van der Waals surface area contributed by atoms with Crippen LogP contribution in [0.25, 0.3) is 0 Å². The maximum atomic E-state index is 13.8. The average Bonchev–Trinajstić information content (AvgIpc) is 2.79. The first-order chi connectivity index (χ1) is 16.3. The number of nitrogens with one attached hydrogen (secondary N) is 1. The van der Waals surface area contributed by atoms with Crippen molar-refractivity contribution in [3.05, 3.63) is 92.0 Å². The van der Waals surface area contributed by atoms with E-state index in [1.165, 1.54) is 10.6 Å². The number of nitriles is 1. The van der Waals surface area contributed by atoms with Gasteiger partial charge in [0.2, 0.25) is 0 Å². The Bertz CT molecular complexity index is 1320. The van der Waals surface area contributed by atoms with E-state index >= 15 is 0 Å². The lowest BCUT2D eigenvalue weighted by Crippen LogP contribution is -2.26. The van der Waals surface area contributed by atoms with Crippen LogP contribution in [0.5, 0.6) is 0 Å². The van der Waals surface area contributed by atoms with E-state index in [0.29, 0.717) is 11.4 Å². The molecule has 2 N–H and O–H groups in total. The highest BCUT2D eigenvalue weighted by Gasteiger charge is 2.38. The molecule has 3 aromatic rings. The van der Waals surface area contributed by atoms with Crippen molar-refractivity contribution >= 4 is 23.4 Å². The van der Waals surface area contributed by atoms with Gasteiger partial charge in [0.25, 0.3) is 5.56 Å². The molecule has 0 bridgehead atoms. The van der Waals surface area contributed by atoms with Gasteiger partial charge in [-0.05, 0) is 30.7 Å². The zero-order valence-corrected chi connectivity index (χ0v) is 18.6. The number of hydrogen-bond donors (Lipinski definition) is 2. The van der Waals surface area contributed by atoms with E-state index in [4.69, 9.17) is 26.8 Å². The average molecular weight is 515 g/mol. The van der Waals surface area contributed by atoms with E-state index in [1.807, 2.05) is 6.07 Å². The van der Waals surface area contributed by atoms with E-state index in [1.54, 1.807) is 31.2 Å². The lowest BCUT2D eigenvalue weighted by atomic mass is 10.1. The second-order valence-corrected chi connectivity index (χ2v) is 7.29. The van der Waals surface area contributed by atoms with Crippen molar-refractivity contribution in [1.29, 1.82) is 5.26 Å². The van der Waals surface area contributed by atoms with Crippen molar-refractivity contribution in [2.75, 3.05) is 5.32 Å². The smallest absolute Gasteiger partial charge is 0.475 e. The molecule has 0 radical (unpaired) electrons. The molecule has 0 saturated heterocycles. The van der Waals surface area contributed by atoms with Crippen molar-refractivity contribution in [1.82, 2.24) is 9.55 Å². The standard InChI is InChI=1S/C20H15ClF2N4O.C2HF3O2/c1-12-26-19(25-10-15-6-7-16(22)8-17(15)23)18(21)20(28)27(12)11-14-4-2-13(9-24)3-5-14;3-2(4,5)1(6)7/h2-8,25H,10-11H2,1H3;(H,6,7). The third-order valence-electron chi connectivity index (χ3n) is 4.43. The first kappa shape index (κ1) is 27.3. The largest absolute Gasteiger partial charge is 0.490 e. The minimum Gasteiger partial charge on any atom is -0.475 e. The van der Waals surface area contributed by atoms with Gasteiger partial charge < -0.3 is 10.4 Å². The van der Waals surface area contributed by atoms with Crippen LogP contribution >= 0.6 is 11.6 Å². The molecule has 0 aliphatic rings. The summed E-state index contributed by atoms with van der Waals surface area (Å²) in [5.74, 6) is -3.58. The van der Waals surface area contributed by atoms with Crippen molar-refractivity contribution < 1.29 is 31.9 Å². The topological polar surface area (TPSA) is 108 Å². The van der Waals surface area contributed by atoms with Crippen LogP contribution in [0, 0.1) is 29.9 Å². The summed E-state index contributed by atoms with van der Waals surface area (Å²) in [7, 11) is 0. The Morgan fingerprint density at radius 1 is 1.20 bits per heavy atom. The number of aliphatic carboxylic acids is 1. The fraction of sp³-hybridized carbons (Fsp3) is 0.182. The van der Waals surface area contributed by atoms with Crippen LogP contribution in [0.2, 0.25) is 5.02 Å². The molecule has 2 aromatic carbocycles. The summed E-state index contributed by atoms with van der Waals surface area (Å²) in [6.45, 7) is 1.90. The van der Waals surface area contributed by atoms with Crippen LogP contribution in [-0.2, 0) is 17.9 Å². The Morgan fingerprint density at radius 2 is 1.80 bits per heavy atom. The molecule has 1 heterocycles. The number of halogens is 6. The molecule has 0 aliphatic carbocycles. The highest BCUT2D eigenvalue weighted by atomic mass is 35.5. The minimum absolute atomic E-state index is 0.00263. The summed E-state index contributed by atoms with van der Waals surface area (Å²) >= 11 is 6.16. The van der Waals surface area contributed by atoms with Gasteiger partial charge in [-0.15, -0.1) is 0 Å². The number of aryl methyl sites for hydroxylation is 1. The number of carbonyl (C=O) groups is 1. The Hall–Kier alpha value is -3.98. The highest BCUT2D eigenvalue weighted by Crippen LogP contribution is 2.18. The summed E-state index contributed by atoms with van der Waals surface area (Å²) < 4.78 is 59.9. The number of carboxylic acid groups (broad SMARTS) is 1. The molecule has 0 atom stereocenters. The Balaban J connectivity index is 0.000000540. The molecule has 0 spiro atoms. The molecule has 7 nitrogen and oxygen atoms in total. The van der Waals surface area contributed by atoms with E-state index in [9.17, 15) is 26.7 Å². The molecular formula is C22H16ClF5N4O3. The summed E-state index contributed by atoms with van der Waals surface area (Å²) in [6, 6.07) is 12.1. The maximum absolute atomic E-state index is 13.8. The fourth-order valence-electron chi connectivity index (χ4n) is 2.65. The Labute approximate surface area is 200 Å². The highest BCUT2D eigenvalue weighted by molar-refractivity contribution is 6.32. The third kappa shape index (κ3) is 7.51. The van der Waals surface area contributed by atoms with Crippen LogP contribution in [0.1, 0.15) is 22.5 Å². The molecule has 3 rings (SSSR count). The number of benzene rings is 2. The predicted molar refractivity (Wildman–Crippen MR) is 116 cm³/mol. The third-order valence-corrected chi connectivity index (χ3v) is 4.77. The summed E-state index contributed by atoms with van der Waals surface area (Å²) in [6.07, 6.45) is -5.08. The van der Waals surface area contributed by atoms with Crippen molar-refractivity contribution in [3.8, 4) is 6.07 Å². The van der Waals surface area contributed by atoms with E-state index in [-0.39, 0.29) is 29.5 Å². The zero-order chi connectivity index (χ0) is 26.3. The van der Waals surface area contributed by atoms with Crippen LogP contribution < -0.4 is 10.9 Å². The Morgan fingerprint density at radius 3 is 2.31 bits per heavy atom. The molecule has 184 valence electrons. The number of anilines is 1. The first-order valence-corrected chi connectivity index (χ1v) is 9.95. The van der Waals surface area contributed by atoms with Crippen LogP contribution in [0.3, 0.4) is 0 Å². The van der Waals surface area contributed by atoms with E-state index in [2.05, 4.69) is 10.3 Å². The Kier molecular flexibility index (Phi) is 8.91. The molecule has 0 aliphatic heterocycles. The van der Waals surface area contributed by atoms with Gasteiger partial charge in [-0.1, -0.05) is 29.8 Å². The predicted octanol–water partition coefficient (Wildman–Crippen LogP) is 4.65. The molecular weight excluding hydrogens is 499 g/mol. The monoisotopic (exact) mass is 514 g/mol. The quantitative estimate of drug-likeness (QED) is 0.480. The second kappa shape index (κ2) is 11.4. The molecule has 0 fully saturated rings. The van der Waals surface area contributed by atoms with Crippen LogP contribution in [0.4, 0.5) is 27.8 Å². The maximum Gasteiger partial charge on any atom is 0.490 e. The molecule has 0 amide bonds. The first-order valence-electron chi connectivity index (χ1n) is 9.57. The molecule has 35 heavy (non-hydrogen) atoms. The van der Waals surface area contributed by atoms with Gasteiger partial charge in [0.1, 0.15) is 22.5 Å². The molecule has 1 aromatic heterocycles. The van der Waals surface area contributed by atoms with E-state index < -0.39 is 29.3 Å². The van der Waals surface area contributed by atoms with Crippen LogP contribution in [-0.4, -0.2) is 26.8 Å². The van der Waals surface area contributed by atoms with Gasteiger partial charge in [0.05, 0.1) is 18.2 Å². The van der Waals surface area contributed by atoms with Crippen molar-refractivity contribution in [2.24, 2.45) is 0 Å². The number of nitrogens with zero attached hydrogens (tertiary/aromatic N) is 3. The number of carboxylic acids is 1. The normalized spacial score (nSPS) is 10.7. The van der Waals surface area contributed by atoms with Crippen molar-refractivity contribution in [3.63, 3.8) is 0 Å². The molecule has 0 unspecified atom stereocenters. The second-order valence-electron chi connectivity index (χ2n) is 6.91. The minimum atomic E-state index is -5.08. The number of rotatable bonds is 5. The lowest BCUT2D eigenvalue weighted by molar-refractivity contribution is -0.192. The summed E-state index contributed by atoms with van der Waals surface area (Å²) in [5.41, 5.74) is 1.12. The summed E-state index contributed by atoms with van der Waals surface area (Å²) in [5, 5.41) is 18.7. The van der Waals surface area contributed by atoms with Crippen LogP contribution in [0.15, 0.2) is 47.3 Å². The molecule has 0 saturated carbocycles. The zero-order valence-electron chi connectivity index (χ0n) is 17.8. The fourth-order valence-corrected chi connectivity index (χ4v) is 2.86. The van der Waals surface area contributed by atoms with Gasteiger partial charge in [-0.25, -0.2) is 18.6 Å². The summed E-state index contributed by atoms with van der Waals surface area (Å²) in [4.78, 5) is 25.8. The number of alkyl halides is 3. The number of aromatic nitrogens is 2. The van der Waals surface area contributed by atoms with Gasteiger partial charge in [0, 0.05) is 18.2 Å². The van der Waals surface area contributed by atoms with Gasteiger partial charge in [-0.2, -0.15) is 18.4 Å².